The Labute approximate surface area is 203 Å². The molecule has 4 nitrogen and oxygen atoms in total. The van der Waals surface area contributed by atoms with Crippen molar-refractivity contribution in [1.82, 2.24) is 4.98 Å². The zero-order chi connectivity index (χ0) is 21.1. The first-order valence-electron chi connectivity index (χ1n) is 9.90. The average Bonchev–Trinajstić information content (AvgIpc) is 3.24. The first-order valence-corrected chi connectivity index (χ1v) is 9.90. The fraction of sp³-hybridized carbons (Fsp3) is 0.200. The van der Waals surface area contributed by atoms with E-state index in [1.165, 1.54) is 23.8 Å². The van der Waals surface area contributed by atoms with E-state index in [4.69, 9.17) is 4.74 Å². The maximum atomic E-state index is 14.1. The Kier molecular flexibility index (Phi) is 7.65. The molecule has 1 heterocycles. The van der Waals surface area contributed by atoms with Gasteiger partial charge in [0, 0.05) is 5.56 Å². The zero-order valence-corrected chi connectivity index (χ0v) is 19.7. The SMILES string of the molecule is Cc1ccc(COc2ccc(F)cc2C2=C(c3cccc(C(=O)[O-])n3)CCC2)cc1.[Na+]. The molecule has 1 aromatic heterocycles. The smallest absolute Gasteiger partial charge is 0.543 e. The third kappa shape index (κ3) is 5.42. The molecule has 4 rings (SSSR count). The zero-order valence-electron chi connectivity index (χ0n) is 17.7. The second-order valence-corrected chi connectivity index (χ2v) is 7.42. The van der Waals surface area contributed by atoms with Crippen molar-refractivity contribution in [3.63, 3.8) is 0 Å². The monoisotopic (exact) mass is 425 g/mol. The molecule has 3 aromatic rings. The number of pyridine rings is 1. The first kappa shape index (κ1) is 23.2. The summed E-state index contributed by atoms with van der Waals surface area (Å²) in [6.07, 6.45) is 2.37. The van der Waals surface area contributed by atoms with Crippen LogP contribution in [0.15, 0.2) is 60.7 Å². The molecular weight excluding hydrogens is 404 g/mol. The van der Waals surface area contributed by atoms with Gasteiger partial charge in [-0.05, 0) is 73.2 Å². The summed E-state index contributed by atoms with van der Waals surface area (Å²) in [5.74, 6) is -1.06. The summed E-state index contributed by atoms with van der Waals surface area (Å²) >= 11 is 0. The molecule has 1 aliphatic rings. The third-order valence-corrected chi connectivity index (χ3v) is 5.27. The normalized spacial score (nSPS) is 13.1. The Hall–Kier alpha value is -2.47. The molecule has 0 saturated heterocycles. The van der Waals surface area contributed by atoms with Gasteiger partial charge in [-0.25, -0.2) is 9.37 Å². The number of aromatic nitrogens is 1. The number of hydrogen-bond acceptors (Lipinski definition) is 4. The van der Waals surface area contributed by atoms with Crippen LogP contribution in [0.1, 0.15) is 52.1 Å². The molecule has 2 aromatic carbocycles. The topological polar surface area (TPSA) is 62.2 Å². The van der Waals surface area contributed by atoms with Crippen molar-refractivity contribution in [2.75, 3.05) is 0 Å². The third-order valence-electron chi connectivity index (χ3n) is 5.27. The number of carboxylic acid groups (broad SMARTS) is 1. The molecular formula is C25H21FNNaO3. The first-order chi connectivity index (χ1) is 14.5. The largest absolute Gasteiger partial charge is 1.00 e. The summed E-state index contributed by atoms with van der Waals surface area (Å²) in [6.45, 7) is 2.40. The van der Waals surface area contributed by atoms with Crippen LogP contribution < -0.4 is 39.4 Å². The van der Waals surface area contributed by atoms with Crippen LogP contribution in [0, 0.1) is 12.7 Å². The number of aryl methyl sites for hydroxylation is 1. The molecule has 1 aliphatic carbocycles. The molecule has 6 heteroatoms. The van der Waals surface area contributed by atoms with E-state index in [1.54, 1.807) is 18.2 Å². The number of benzene rings is 2. The van der Waals surface area contributed by atoms with Gasteiger partial charge in [0.25, 0.3) is 0 Å². The van der Waals surface area contributed by atoms with Crippen LogP contribution in [0.2, 0.25) is 0 Å². The van der Waals surface area contributed by atoms with E-state index < -0.39 is 5.97 Å². The Morgan fingerprint density at radius 3 is 2.55 bits per heavy atom. The molecule has 0 saturated carbocycles. The van der Waals surface area contributed by atoms with Crippen LogP contribution in [0.25, 0.3) is 11.1 Å². The van der Waals surface area contributed by atoms with E-state index in [0.29, 0.717) is 23.6 Å². The summed E-state index contributed by atoms with van der Waals surface area (Å²) in [6, 6.07) is 17.4. The number of carbonyl (C=O) groups excluding carboxylic acids is 1. The van der Waals surface area contributed by atoms with Crippen LogP contribution in [0.4, 0.5) is 4.39 Å². The summed E-state index contributed by atoms with van der Waals surface area (Å²) in [4.78, 5) is 15.4. The van der Waals surface area contributed by atoms with Crippen LogP contribution in [-0.2, 0) is 6.61 Å². The van der Waals surface area contributed by atoms with Crippen molar-refractivity contribution in [1.29, 1.82) is 0 Å². The fourth-order valence-corrected chi connectivity index (χ4v) is 3.75. The Morgan fingerprint density at radius 2 is 1.81 bits per heavy atom. The van der Waals surface area contributed by atoms with Gasteiger partial charge in [-0.3, -0.25) is 0 Å². The second kappa shape index (κ2) is 10.2. The van der Waals surface area contributed by atoms with Gasteiger partial charge in [0.05, 0.1) is 17.4 Å². The Balaban J connectivity index is 0.00000272. The molecule has 0 N–H and O–H groups in total. The molecule has 0 atom stereocenters. The van der Waals surface area contributed by atoms with Crippen LogP contribution in [0.3, 0.4) is 0 Å². The predicted molar refractivity (Wildman–Crippen MR) is 111 cm³/mol. The van der Waals surface area contributed by atoms with Crippen molar-refractivity contribution in [2.45, 2.75) is 32.8 Å². The molecule has 0 unspecified atom stereocenters. The number of nitrogens with zero attached hydrogens (tertiary/aromatic N) is 1. The molecule has 31 heavy (non-hydrogen) atoms. The summed E-state index contributed by atoms with van der Waals surface area (Å²) in [5.41, 5.74) is 5.22. The number of halogens is 1. The fourth-order valence-electron chi connectivity index (χ4n) is 3.75. The number of ether oxygens (including phenoxy) is 1. The molecule has 0 spiro atoms. The minimum atomic E-state index is -1.31. The van der Waals surface area contributed by atoms with Crippen molar-refractivity contribution in [3.05, 3.63) is 94.6 Å². The van der Waals surface area contributed by atoms with Gasteiger partial charge in [0.15, 0.2) is 0 Å². The Morgan fingerprint density at radius 1 is 1.06 bits per heavy atom. The molecule has 0 amide bonds. The molecule has 0 fully saturated rings. The van der Waals surface area contributed by atoms with E-state index >= 15 is 0 Å². The standard InChI is InChI=1S/C25H22FNO3.Na/c1-16-8-10-17(11-9-16)15-30-24-13-12-18(26)14-21(24)19-4-2-5-20(19)22-6-3-7-23(27-22)25(28)29;/h3,6-14H,2,4-5,15H2,1H3,(H,28,29);/q;+1/p-1. The maximum absolute atomic E-state index is 14.1. The van der Waals surface area contributed by atoms with E-state index in [9.17, 15) is 14.3 Å². The van der Waals surface area contributed by atoms with Crippen molar-refractivity contribution in [2.24, 2.45) is 0 Å². The molecule has 152 valence electrons. The predicted octanol–water partition coefficient (Wildman–Crippen LogP) is 1.57. The van der Waals surface area contributed by atoms with Crippen LogP contribution >= 0.6 is 0 Å². The minimum Gasteiger partial charge on any atom is -0.543 e. The maximum Gasteiger partial charge on any atom is 1.00 e. The molecule has 0 aliphatic heterocycles. The van der Waals surface area contributed by atoms with Crippen molar-refractivity contribution >= 4 is 17.1 Å². The molecule has 0 radical (unpaired) electrons. The van der Waals surface area contributed by atoms with Crippen molar-refractivity contribution < 1.29 is 48.6 Å². The van der Waals surface area contributed by atoms with Gasteiger partial charge in [-0.1, -0.05) is 35.9 Å². The van der Waals surface area contributed by atoms with E-state index in [0.717, 1.165) is 36.0 Å². The van der Waals surface area contributed by atoms with Gasteiger partial charge < -0.3 is 14.6 Å². The quantitative estimate of drug-likeness (QED) is 0.563. The number of carbonyl (C=O) groups is 1. The van der Waals surface area contributed by atoms with Crippen LogP contribution in [0.5, 0.6) is 5.75 Å². The van der Waals surface area contributed by atoms with Gasteiger partial charge in [-0.15, -0.1) is 0 Å². The van der Waals surface area contributed by atoms with E-state index in [1.807, 2.05) is 31.2 Å². The minimum absolute atomic E-state index is 0. The summed E-state index contributed by atoms with van der Waals surface area (Å²) in [7, 11) is 0. The summed E-state index contributed by atoms with van der Waals surface area (Å²) < 4.78 is 20.2. The number of aromatic carboxylic acids is 1. The van der Waals surface area contributed by atoms with Crippen molar-refractivity contribution in [3.8, 4) is 5.75 Å². The van der Waals surface area contributed by atoms with Gasteiger partial charge >= 0.3 is 29.6 Å². The molecule has 0 bridgehead atoms. The summed E-state index contributed by atoms with van der Waals surface area (Å²) in [5, 5.41) is 11.2. The average molecular weight is 425 g/mol. The van der Waals surface area contributed by atoms with E-state index in [2.05, 4.69) is 4.98 Å². The van der Waals surface area contributed by atoms with E-state index in [-0.39, 0.29) is 41.1 Å². The van der Waals surface area contributed by atoms with Crippen LogP contribution in [-0.4, -0.2) is 11.0 Å². The van der Waals surface area contributed by atoms with Gasteiger partial charge in [0.1, 0.15) is 18.2 Å². The van der Waals surface area contributed by atoms with Gasteiger partial charge in [0.2, 0.25) is 0 Å². The number of hydrogen-bond donors (Lipinski definition) is 0. The number of allylic oxidation sites excluding steroid dienone is 2. The number of carboxylic acids is 1. The van der Waals surface area contributed by atoms with Gasteiger partial charge in [-0.2, -0.15) is 0 Å². The second-order valence-electron chi connectivity index (χ2n) is 7.42. The number of rotatable bonds is 6. The Bertz CT molecular complexity index is 1130.